The fourth-order valence-electron chi connectivity index (χ4n) is 4.50. The van der Waals surface area contributed by atoms with Crippen LogP contribution < -0.4 is 4.74 Å². The van der Waals surface area contributed by atoms with Crippen molar-refractivity contribution in [3.8, 4) is 5.75 Å². The highest BCUT2D eigenvalue weighted by Gasteiger charge is 2.33. The molecule has 0 aliphatic carbocycles. The van der Waals surface area contributed by atoms with E-state index in [9.17, 15) is 4.79 Å². The smallest absolute Gasteiger partial charge is 0.342 e. The van der Waals surface area contributed by atoms with Crippen molar-refractivity contribution in [2.75, 3.05) is 33.5 Å². The molecule has 0 fully saturated rings. The highest BCUT2D eigenvalue weighted by atomic mass is 16.6. The molecule has 4 aromatic rings. The van der Waals surface area contributed by atoms with Crippen molar-refractivity contribution in [3.63, 3.8) is 0 Å². The zero-order chi connectivity index (χ0) is 28.8. The van der Waals surface area contributed by atoms with Gasteiger partial charge in [0.15, 0.2) is 0 Å². The molecule has 0 spiro atoms. The topological polar surface area (TPSA) is 84.7 Å². The average molecular weight is 558 g/mol. The van der Waals surface area contributed by atoms with Crippen LogP contribution in [0.2, 0.25) is 0 Å². The summed E-state index contributed by atoms with van der Waals surface area (Å²) in [5, 5.41) is 8.89. The summed E-state index contributed by atoms with van der Waals surface area (Å²) < 4.78 is 24.4. The van der Waals surface area contributed by atoms with Crippen LogP contribution in [-0.2, 0) is 32.8 Å². The Morgan fingerprint density at radius 1 is 0.829 bits per heavy atom. The van der Waals surface area contributed by atoms with E-state index in [-0.39, 0.29) is 6.61 Å². The van der Waals surface area contributed by atoms with Gasteiger partial charge in [0.2, 0.25) is 0 Å². The Balaban J connectivity index is 1.29. The SMILES string of the molecule is COCCOC(=O)c1ccccc1OCCCCn1cc(C(C)(OCCCc2ccccc2)c2ccccc2)nn1. The number of hydrogen-bond donors (Lipinski definition) is 0. The summed E-state index contributed by atoms with van der Waals surface area (Å²) in [7, 11) is 1.56. The summed E-state index contributed by atoms with van der Waals surface area (Å²) in [6.07, 6.45) is 5.46. The van der Waals surface area contributed by atoms with Gasteiger partial charge in [0.1, 0.15) is 29.2 Å². The lowest BCUT2D eigenvalue weighted by Crippen LogP contribution is -2.28. The zero-order valence-corrected chi connectivity index (χ0v) is 23.9. The Kier molecular flexibility index (Phi) is 11.5. The van der Waals surface area contributed by atoms with Crippen molar-refractivity contribution in [2.24, 2.45) is 0 Å². The zero-order valence-electron chi connectivity index (χ0n) is 23.9. The van der Waals surface area contributed by atoms with Crippen molar-refractivity contribution in [1.82, 2.24) is 15.0 Å². The van der Waals surface area contributed by atoms with Gasteiger partial charge in [0.05, 0.1) is 19.4 Å². The Hall–Kier alpha value is -4.01. The minimum Gasteiger partial charge on any atom is -0.493 e. The van der Waals surface area contributed by atoms with Crippen LogP contribution in [0.25, 0.3) is 0 Å². The molecule has 0 amide bonds. The molecule has 41 heavy (non-hydrogen) atoms. The molecular formula is C33H39N3O5. The van der Waals surface area contributed by atoms with Crippen LogP contribution in [-0.4, -0.2) is 54.5 Å². The van der Waals surface area contributed by atoms with E-state index in [2.05, 4.69) is 53.6 Å². The monoisotopic (exact) mass is 557 g/mol. The third-order valence-electron chi connectivity index (χ3n) is 6.86. The first kappa shape index (κ1) is 30.0. The molecule has 1 aromatic heterocycles. The van der Waals surface area contributed by atoms with E-state index in [0.717, 1.165) is 36.9 Å². The number of nitrogens with zero attached hydrogens (tertiary/aromatic N) is 3. The molecule has 1 heterocycles. The molecule has 0 aliphatic heterocycles. The van der Waals surface area contributed by atoms with Gasteiger partial charge in [-0.3, -0.25) is 4.68 Å². The number of aromatic nitrogens is 3. The van der Waals surface area contributed by atoms with E-state index in [0.29, 0.717) is 37.7 Å². The molecule has 3 aromatic carbocycles. The predicted molar refractivity (Wildman–Crippen MR) is 157 cm³/mol. The van der Waals surface area contributed by atoms with Gasteiger partial charge in [-0.1, -0.05) is 78.0 Å². The summed E-state index contributed by atoms with van der Waals surface area (Å²) in [5.41, 5.74) is 2.83. The van der Waals surface area contributed by atoms with E-state index < -0.39 is 11.6 Å². The number of carbonyl (C=O) groups is 1. The Labute approximate surface area is 242 Å². The highest BCUT2D eigenvalue weighted by molar-refractivity contribution is 5.92. The lowest BCUT2D eigenvalue weighted by molar-refractivity contribution is -0.00840. The number of hydrogen-bond acceptors (Lipinski definition) is 7. The van der Waals surface area contributed by atoms with Crippen LogP contribution in [0.15, 0.2) is 91.1 Å². The van der Waals surface area contributed by atoms with Crippen molar-refractivity contribution in [2.45, 2.75) is 44.8 Å². The summed E-state index contributed by atoms with van der Waals surface area (Å²) in [6.45, 7) is 4.37. The number of methoxy groups -OCH3 is 1. The molecule has 216 valence electrons. The van der Waals surface area contributed by atoms with Gasteiger partial charge in [-0.2, -0.15) is 0 Å². The molecule has 8 heteroatoms. The first-order valence-electron chi connectivity index (χ1n) is 14.1. The second-order valence-corrected chi connectivity index (χ2v) is 9.88. The fourth-order valence-corrected chi connectivity index (χ4v) is 4.50. The lowest BCUT2D eigenvalue weighted by atomic mass is 9.92. The van der Waals surface area contributed by atoms with E-state index >= 15 is 0 Å². The second kappa shape index (κ2) is 15.7. The van der Waals surface area contributed by atoms with Gasteiger partial charge in [0.25, 0.3) is 0 Å². The first-order chi connectivity index (χ1) is 20.1. The van der Waals surface area contributed by atoms with Crippen LogP contribution in [0.4, 0.5) is 0 Å². The van der Waals surface area contributed by atoms with Crippen LogP contribution in [0.5, 0.6) is 5.75 Å². The van der Waals surface area contributed by atoms with Crippen LogP contribution in [0.3, 0.4) is 0 Å². The van der Waals surface area contributed by atoms with Crippen LogP contribution in [0.1, 0.15) is 53.4 Å². The summed E-state index contributed by atoms with van der Waals surface area (Å²) in [6, 6.07) is 27.7. The van der Waals surface area contributed by atoms with Crippen molar-refractivity contribution >= 4 is 5.97 Å². The van der Waals surface area contributed by atoms with Crippen molar-refractivity contribution in [1.29, 1.82) is 0 Å². The minimum absolute atomic E-state index is 0.200. The standard InChI is InChI=1S/C33H39N3O5/c1-33(28-17-7-4-8-18-28,41-23-13-16-27-14-5-3-6-15-27)31-26-36(35-34-31)21-11-12-22-39-30-20-10-9-19-29(30)32(37)40-25-24-38-2/h3-10,14-15,17-20,26H,11-13,16,21-25H2,1-2H3. The van der Waals surface area contributed by atoms with Gasteiger partial charge in [0, 0.05) is 20.3 Å². The Bertz CT molecular complexity index is 1330. The molecular weight excluding hydrogens is 518 g/mol. The van der Waals surface area contributed by atoms with Gasteiger partial charge in [-0.25, -0.2) is 4.79 Å². The van der Waals surface area contributed by atoms with E-state index in [4.69, 9.17) is 18.9 Å². The molecule has 0 saturated heterocycles. The maximum Gasteiger partial charge on any atom is 0.342 e. The Morgan fingerprint density at radius 2 is 1.56 bits per heavy atom. The summed E-state index contributed by atoms with van der Waals surface area (Å²) >= 11 is 0. The van der Waals surface area contributed by atoms with Crippen molar-refractivity contribution in [3.05, 3.63) is 114 Å². The molecule has 0 bridgehead atoms. The number of rotatable bonds is 17. The normalized spacial score (nSPS) is 12.5. The molecule has 0 N–H and O–H groups in total. The highest BCUT2D eigenvalue weighted by Crippen LogP contribution is 2.32. The third kappa shape index (κ3) is 8.74. The predicted octanol–water partition coefficient (Wildman–Crippen LogP) is 5.85. The summed E-state index contributed by atoms with van der Waals surface area (Å²) in [4.78, 5) is 12.4. The van der Waals surface area contributed by atoms with Crippen LogP contribution in [0, 0.1) is 0 Å². The molecule has 0 radical (unpaired) electrons. The van der Waals surface area contributed by atoms with Gasteiger partial charge in [-0.15, -0.1) is 5.10 Å². The quantitative estimate of drug-likeness (QED) is 0.119. The van der Waals surface area contributed by atoms with Gasteiger partial charge in [-0.05, 0) is 55.9 Å². The fraction of sp³-hybridized carbons (Fsp3) is 0.364. The molecule has 1 atom stereocenters. The van der Waals surface area contributed by atoms with Crippen LogP contribution >= 0.6 is 0 Å². The lowest BCUT2D eigenvalue weighted by Gasteiger charge is -2.28. The second-order valence-electron chi connectivity index (χ2n) is 9.88. The molecule has 0 saturated carbocycles. The van der Waals surface area contributed by atoms with E-state index in [1.165, 1.54) is 5.56 Å². The van der Waals surface area contributed by atoms with E-state index in [1.54, 1.807) is 25.3 Å². The van der Waals surface area contributed by atoms with Crippen molar-refractivity contribution < 1.29 is 23.7 Å². The van der Waals surface area contributed by atoms with Gasteiger partial charge < -0.3 is 18.9 Å². The molecule has 8 nitrogen and oxygen atoms in total. The number of para-hydroxylation sites is 1. The number of aryl methyl sites for hydroxylation is 2. The number of unbranched alkanes of at least 4 members (excludes halogenated alkanes) is 1. The number of ether oxygens (including phenoxy) is 4. The number of carbonyl (C=O) groups excluding carboxylic acids is 1. The van der Waals surface area contributed by atoms with Gasteiger partial charge >= 0.3 is 5.97 Å². The number of benzene rings is 3. The average Bonchev–Trinajstić information content (AvgIpc) is 3.50. The largest absolute Gasteiger partial charge is 0.493 e. The maximum atomic E-state index is 12.4. The third-order valence-corrected chi connectivity index (χ3v) is 6.86. The number of esters is 1. The minimum atomic E-state index is -0.707. The molecule has 0 aliphatic rings. The molecule has 1 unspecified atom stereocenters. The Morgan fingerprint density at radius 3 is 2.34 bits per heavy atom. The maximum absolute atomic E-state index is 12.4. The first-order valence-corrected chi connectivity index (χ1v) is 14.1. The molecule has 4 rings (SSSR count). The summed E-state index contributed by atoms with van der Waals surface area (Å²) in [5.74, 6) is 0.0949. The van der Waals surface area contributed by atoms with E-state index in [1.807, 2.05) is 41.2 Å².